The van der Waals surface area contributed by atoms with Crippen LogP contribution in [0.4, 0.5) is 11.4 Å². The van der Waals surface area contributed by atoms with Crippen LogP contribution < -0.4 is 10.5 Å². The number of hydrogen-bond donors (Lipinski definition) is 2. The highest BCUT2D eigenvalue weighted by molar-refractivity contribution is 9.11. The van der Waals surface area contributed by atoms with Gasteiger partial charge >= 0.3 is 5.97 Å². The summed E-state index contributed by atoms with van der Waals surface area (Å²) in [6.45, 7) is 1.24. The second-order valence-corrected chi connectivity index (χ2v) is 7.38. The summed E-state index contributed by atoms with van der Waals surface area (Å²) in [4.78, 5) is 11.3. The molecule has 0 aromatic heterocycles. The molecule has 19 heavy (non-hydrogen) atoms. The minimum Gasteiger partial charge on any atom is -0.468 e. The van der Waals surface area contributed by atoms with Gasteiger partial charge in [0.05, 0.1) is 12.8 Å². The van der Waals surface area contributed by atoms with Crippen LogP contribution in [0.5, 0.6) is 0 Å². The number of nitrogens with two attached hydrogens (primary N) is 1. The minimum atomic E-state index is -3.91. The van der Waals surface area contributed by atoms with Crippen molar-refractivity contribution >= 4 is 59.2 Å². The van der Waals surface area contributed by atoms with E-state index in [1.54, 1.807) is 12.1 Å². The first-order valence-electron chi connectivity index (χ1n) is 5.03. The summed E-state index contributed by atoms with van der Waals surface area (Å²) >= 11 is 6.40. The van der Waals surface area contributed by atoms with Crippen molar-refractivity contribution in [2.24, 2.45) is 0 Å². The monoisotopic (exact) mass is 414 g/mol. The zero-order chi connectivity index (χ0) is 14.8. The second-order valence-electron chi connectivity index (χ2n) is 3.67. The van der Waals surface area contributed by atoms with Crippen LogP contribution in [-0.2, 0) is 19.6 Å². The Hall–Kier alpha value is -0.800. The number of anilines is 2. The molecule has 0 aliphatic carbocycles. The molecule has 1 aromatic rings. The Balaban J connectivity index is 3.13. The predicted molar refractivity (Wildman–Crippen MR) is 80.3 cm³/mol. The summed E-state index contributed by atoms with van der Waals surface area (Å²) in [7, 11) is -2.78. The SMILES string of the molecule is COC(=O)C(C)S(=O)(=O)Nc1c(Br)cc(N)cc1Br. The van der Waals surface area contributed by atoms with Gasteiger partial charge in [-0.2, -0.15) is 0 Å². The van der Waals surface area contributed by atoms with Crippen LogP contribution in [0, 0.1) is 0 Å². The van der Waals surface area contributed by atoms with E-state index in [-0.39, 0.29) is 5.69 Å². The van der Waals surface area contributed by atoms with Gasteiger partial charge in [0, 0.05) is 14.6 Å². The van der Waals surface area contributed by atoms with Gasteiger partial charge in [-0.25, -0.2) is 8.42 Å². The topological polar surface area (TPSA) is 98.5 Å². The molecule has 1 rings (SSSR count). The summed E-state index contributed by atoms with van der Waals surface area (Å²) in [5.74, 6) is -0.838. The van der Waals surface area contributed by atoms with Crippen molar-refractivity contribution in [1.82, 2.24) is 0 Å². The first-order chi connectivity index (χ1) is 8.69. The first-order valence-corrected chi connectivity index (χ1v) is 8.16. The fraction of sp³-hybridized carbons (Fsp3) is 0.300. The lowest BCUT2D eigenvalue weighted by atomic mass is 10.3. The predicted octanol–water partition coefficient (Wildman–Crippen LogP) is 2.10. The molecule has 0 saturated heterocycles. The number of benzene rings is 1. The third-order valence-corrected chi connectivity index (χ3v) is 5.17. The molecule has 106 valence electrons. The van der Waals surface area contributed by atoms with Gasteiger partial charge in [-0.05, 0) is 50.9 Å². The molecule has 0 radical (unpaired) electrons. The number of nitrogen functional groups attached to an aromatic ring is 1. The van der Waals surface area contributed by atoms with E-state index in [9.17, 15) is 13.2 Å². The zero-order valence-electron chi connectivity index (χ0n) is 10.1. The molecule has 1 aromatic carbocycles. The van der Waals surface area contributed by atoms with Gasteiger partial charge in [0.2, 0.25) is 10.0 Å². The van der Waals surface area contributed by atoms with E-state index in [1.807, 2.05) is 0 Å². The zero-order valence-corrected chi connectivity index (χ0v) is 14.1. The fourth-order valence-electron chi connectivity index (χ4n) is 1.21. The molecule has 0 aliphatic rings. The molecule has 3 N–H and O–H groups in total. The van der Waals surface area contributed by atoms with E-state index in [0.717, 1.165) is 7.11 Å². The highest BCUT2D eigenvalue weighted by atomic mass is 79.9. The maximum atomic E-state index is 12.0. The average Bonchev–Trinajstić information content (AvgIpc) is 2.31. The quantitative estimate of drug-likeness (QED) is 0.579. The van der Waals surface area contributed by atoms with Crippen LogP contribution in [0.2, 0.25) is 0 Å². The van der Waals surface area contributed by atoms with Crippen molar-refractivity contribution < 1.29 is 17.9 Å². The molecule has 0 fully saturated rings. The van der Waals surface area contributed by atoms with Gasteiger partial charge in [-0.3, -0.25) is 9.52 Å². The number of hydrogen-bond acceptors (Lipinski definition) is 5. The summed E-state index contributed by atoms with van der Waals surface area (Å²) in [5, 5.41) is -1.33. The summed E-state index contributed by atoms with van der Waals surface area (Å²) < 4.78 is 31.7. The Kier molecular flexibility index (Phi) is 5.22. The number of esters is 1. The molecular weight excluding hydrogens is 404 g/mol. The van der Waals surface area contributed by atoms with Crippen molar-refractivity contribution in [3.05, 3.63) is 21.1 Å². The van der Waals surface area contributed by atoms with Crippen LogP contribution >= 0.6 is 31.9 Å². The first kappa shape index (κ1) is 16.3. The summed E-state index contributed by atoms with van der Waals surface area (Å²) in [6.07, 6.45) is 0. The van der Waals surface area contributed by atoms with Crippen molar-refractivity contribution in [2.75, 3.05) is 17.6 Å². The number of sulfonamides is 1. The third kappa shape index (κ3) is 3.83. The number of nitrogens with one attached hydrogen (secondary N) is 1. The molecule has 1 atom stereocenters. The summed E-state index contributed by atoms with van der Waals surface area (Å²) in [5.41, 5.74) is 6.34. The third-order valence-electron chi connectivity index (χ3n) is 2.31. The van der Waals surface area contributed by atoms with Gasteiger partial charge < -0.3 is 10.5 Å². The van der Waals surface area contributed by atoms with Crippen molar-refractivity contribution in [3.8, 4) is 0 Å². The molecule has 0 heterocycles. The highest BCUT2D eigenvalue weighted by Crippen LogP contribution is 2.34. The minimum absolute atomic E-state index is 0.268. The van der Waals surface area contributed by atoms with Gasteiger partial charge in [0.25, 0.3) is 0 Å². The Morgan fingerprint density at radius 3 is 2.26 bits per heavy atom. The van der Waals surface area contributed by atoms with Gasteiger partial charge in [-0.1, -0.05) is 0 Å². The Labute approximate surface area is 128 Å². The maximum absolute atomic E-state index is 12.0. The molecule has 6 nitrogen and oxygen atoms in total. The largest absolute Gasteiger partial charge is 0.468 e. The van der Waals surface area contributed by atoms with Crippen LogP contribution in [0.3, 0.4) is 0 Å². The summed E-state index contributed by atoms with van der Waals surface area (Å²) in [6, 6.07) is 3.09. The number of rotatable bonds is 4. The second kappa shape index (κ2) is 6.10. The Morgan fingerprint density at radius 1 is 1.37 bits per heavy atom. The van der Waals surface area contributed by atoms with Crippen LogP contribution in [0.15, 0.2) is 21.1 Å². The lowest BCUT2D eigenvalue weighted by molar-refractivity contribution is -0.139. The van der Waals surface area contributed by atoms with Crippen LogP contribution in [0.1, 0.15) is 6.92 Å². The normalized spacial score (nSPS) is 12.8. The molecule has 0 bridgehead atoms. The molecule has 1 unspecified atom stereocenters. The van der Waals surface area contributed by atoms with E-state index in [2.05, 4.69) is 41.3 Å². The Bertz CT molecular complexity index is 581. The number of carbonyl (C=O) groups is 1. The lowest BCUT2D eigenvalue weighted by Gasteiger charge is -2.15. The Morgan fingerprint density at radius 2 is 1.84 bits per heavy atom. The molecule has 0 spiro atoms. The van der Waals surface area contributed by atoms with Gasteiger partial charge in [0.1, 0.15) is 0 Å². The number of carbonyl (C=O) groups excluding carboxylic acids is 1. The van der Waals surface area contributed by atoms with E-state index < -0.39 is 21.2 Å². The molecular formula is C10H12Br2N2O4S. The molecule has 0 amide bonds. The standard InChI is InChI=1S/C10H12Br2N2O4S/c1-5(10(15)18-2)19(16,17)14-9-7(11)3-6(13)4-8(9)12/h3-5,14H,13H2,1-2H3. The maximum Gasteiger partial charge on any atom is 0.325 e. The van der Waals surface area contributed by atoms with E-state index in [1.165, 1.54) is 6.92 Å². The van der Waals surface area contributed by atoms with Crippen molar-refractivity contribution in [2.45, 2.75) is 12.2 Å². The van der Waals surface area contributed by atoms with Crippen LogP contribution in [0.25, 0.3) is 0 Å². The smallest absolute Gasteiger partial charge is 0.325 e. The number of ether oxygens (including phenoxy) is 1. The van der Waals surface area contributed by atoms with E-state index >= 15 is 0 Å². The van der Waals surface area contributed by atoms with Crippen molar-refractivity contribution in [3.63, 3.8) is 0 Å². The van der Waals surface area contributed by atoms with E-state index in [4.69, 9.17) is 5.73 Å². The average molecular weight is 416 g/mol. The van der Waals surface area contributed by atoms with Gasteiger partial charge in [0.15, 0.2) is 5.25 Å². The molecule has 0 aliphatic heterocycles. The lowest BCUT2D eigenvalue weighted by Crippen LogP contribution is -2.33. The van der Waals surface area contributed by atoms with E-state index in [0.29, 0.717) is 14.6 Å². The fourth-order valence-corrected chi connectivity index (χ4v) is 3.93. The molecule has 0 saturated carbocycles. The molecule has 9 heteroatoms. The van der Waals surface area contributed by atoms with Crippen LogP contribution in [-0.4, -0.2) is 26.7 Å². The number of halogens is 2. The van der Waals surface area contributed by atoms with Crippen molar-refractivity contribution in [1.29, 1.82) is 0 Å². The van der Waals surface area contributed by atoms with Gasteiger partial charge in [-0.15, -0.1) is 0 Å². The number of methoxy groups -OCH3 is 1. The highest BCUT2D eigenvalue weighted by Gasteiger charge is 2.30.